The first-order chi connectivity index (χ1) is 18.2. The molecule has 0 heterocycles. The minimum Gasteiger partial charge on any atom is -0.508 e. The summed E-state index contributed by atoms with van der Waals surface area (Å²) in [6.07, 6.45) is -0.944. The molecule has 216 valence electrons. The van der Waals surface area contributed by atoms with Gasteiger partial charge in [-0.2, -0.15) is 0 Å². The number of primary amides is 1. The number of nitrogens with one attached hydrogen (secondary N) is 3. The van der Waals surface area contributed by atoms with Crippen LogP contribution in [-0.2, 0) is 35.2 Å². The molecule has 0 aliphatic carbocycles. The lowest BCUT2D eigenvalue weighted by molar-refractivity contribution is -0.143. The number of amides is 4. The van der Waals surface area contributed by atoms with Crippen LogP contribution in [0, 0.1) is 5.92 Å². The van der Waals surface area contributed by atoms with Crippen molar-refractivity contribution in [1.29, 1.82) is 0 Å². The molecule has 0 aliphatic heterocycles. The average Bonchev–Trinajstić information content (AvgIpc) is 2.87. The van der Waals surface area contributed by atoms with E-state index in [1.807, 2.05) is 0 Å². The highest BCUT2D eigenvalue weighted by Crippen LogP contribution is 2.13. The summed E-state index contributed by atoms with van der Waals surface area (Å²) in [5.74, 6) is -6.24. The first-order valence-corrected chi connectivity index (χ1v) is 12.4. The lowest BCUT2D eigenvalue weighted by Crippen LogP contribution is -2.58. The standard InChI is InChI=1S/C25H37N5O9/c1-3-13(2)21(30-22(35)16(26)12-14-4-6-15(31)7-5-14)24(37)28-17(9-11-20(33)34)23(36)29-18(25(38)39)8-10-19(27)32/h4-7,13,16-18,21,31H,3,8-12,26H2,1-2H3,(H2,27,32)(H,28,37)(H,29,36)(H,30,35)(H,33,34)(H,38,39). The van der Waals surface area contributed by atoms with Crippen LogP contribution in [0.3, 0.4) is 0 Å². The Balaban J connectivity index is 3.02. The van der Waals surface area contributed by atoms with Crippen molar-refractivity contribution in [3.63, 3.8) is 0 Å². The quantitative estimate of drug-likeness (QED) is 0.117. The maximum absolute atomic E-state index is 13.2. The molecule has 5 unspecified atom stereocenters. The summed E-state index contributed by atoms with van der Waals surface area (Å²) >= 11 is 0. The number of hydrogen-bond acceptors (Lipinski definition) is 8. The second kappa shape index (κ2) is 15.9. The van der Waals surface area contributed by atoms with Crippen molar-refractivity contribution in [1.82, 2.24) is 16.0 Å². The summed E-state index contributed by atoms with van der Waals surface area (Å²) in [7, 11) is 0. The molecule has 0 aliphatic rings. The van der Waals surface area contributed by atoms with E-state index in [-0.39, 0.29) is 31.4 Å². The highest BCUT2D eigenvalue weighted by molar-refractivity contribution is 5.94. The van der Waals surface area contributed by atoms with Gasteiger partial charge in [0.1, 0.15) is 23.9 Å². The van der Waals surface area contributed by atoms with Crippen LogP contribution in [0.4, 0.5) is 0 Å². The number of phenolic OH excluding ortho intramolecular Hbond substituents is 1. The molecule has 14 nitrogen and oxygen atoms in total. The summed E-state index contributed by atoms with van der Waals surface area (Å²) in [6, 6.07) is 0.957. The van der Waals surface area contributed by atoms with Crippen molar-refractivity contribution < 1.29 is 44.1 Å². The molecule has 10 N–H and O–H groups in total. The van der Waals surface area contributed by atoms with Gasteiger partial charge in [-0.3, -0.25) is 24.0 Å². The van der Waals surface area contributed by atoms with Gasteiger partial charge < -0.3 is 42.7 Å². The number of nitrogens with two attached hydrogens (primary N) is 2. The van der Waals surface area contributed by atoms with E-state index >= 15 is 0 Å². The van der Waals surface area contributed by atoms with Gasteiger partial charge in [0.25, 0.3) is 0 Å². The van der Waals surface area contributed by atoms with Crippen LogP contribution in [0.25, 0.3) is 0 Å². The fraction of sp³-hybridized carbons (Fsp3) is 0.520. The summed E-state index contributed by atoms with van der Waals surface area (Å²) in [6.45, 7) is 3.46. The molecule has 1 aromatic carbocycles. The minimum absolute atomic E-state index is 0.0503. The van der Waals surface area contributed by atoms with Crippen LogP contribution in [-0.4, -0.2) is 75.1 Å². The van der Waals surface area contributed by atoms with Gasteiger partial charge in [-0.1, -0.05) is 32.4 Å². The highest BCUT2D eigenvalue weighted by atomic mass is 16.4. The molecule has 5 atom stereocenters. The maximum Gasteiger partial charge on any atom is 0.326 e. The van der Waals surface area contributed by atoms with Crippen LogP contribution in [0.2, 0.25) is 0 Å². The molecule has 0 aromatic heterocycles. The van der Waals surface area contributed by atoms with Crippen molar-refractivity contribution in [3.05, 3.63) is 29.8 Å². The number of hydrogen-bond donors (Lipinski definition) is 8. The largest absolute Gasteiger partial charge is 0.508 e. The van der Waals surface area contributed by atoms with Crippen molar-refractivity contribution in [2.45, 2.75) is 76.5 Å². The first-order valence-electron chi connectivity index (χ1n) is 12.4. The Hall–Kier alpha value is -4.20. The van der Waals surface area contributed by atoms with Gasteiger partial charge in [-0.15, -0.1) is 0 Å². The van der Waals surface area contributed by atoms with Gasteiger partial charge in [0.15, 0.2) is 0 Å². The fourth-order valence-corrected chi connectivity index (χ4v) is 3.56. The van der Waals surface area contributed by atoms with E-state index in [0.717, 1.165) is 0 Å². The predicted octanol–water partition coefficient (Wildman–Crippen LogP) is -1.02. The second-order valence-corrected chi connectivity index (χ2v) is 9.25. The normalized spacial score (nSPS) is 14.6. The molecule has 0 radical (unpaired) electrons. The highest BCUT2D eigenvalue weighted by Gasteiger charge is 2.32. The summed E-state index contributed by atoms with van der Waals surface area (Å²) < 4.78 is 0. The molecule has 0 fully saturated rings. The Morgan fingerprint density at radius 3 is 1.92 bits per heavy atom. The average molecular weight is 552 g/mol. The Labute approximate surface area is 225 Å². The van der Waals surface area contributed by atoms with E-state index in [0.29, 0.717) is 12.0 Å². The Morgan fingerprint density at radius 1 is 0.846 bits per heavy atom. The van der Waals surface area contributed by atoms with Crippen LogP contribution < -0.4 is 27.4 Å². The summed E-state index contributed by atoms with van der Waals surface area (Å²) in [5, 5.41) is 35.0. The third kappa shape index (κ3) is 11.8. The summed E-state index contributed by atoms with van der Waals surface area (Å²) in [4.78, 5) is 72.5. The lowest BCUT2D eigenvalue weighted by atomic mass is 9.96. The number of benzene rings is 1. The van der Waals surface area contributed by atoms with Gasteiger partial charge in [-0.25, -0.2) is 4.79 Å². The third-order valence-corrected chi connectivity index (χ3v) is 6.10. The van der Waals surface area contributed by atoms with Crippen molar-refractivity contribution in [2.24, 2.45) is 17.4 Å². The van der Waals surface area contributed by atoms with E-state index in [9.17, 15) is 39.0 Å². The Bertz CT molecular complexity index is 1030. The number of rotatable bonds is 17. The first kappa shape index (κ1) is 32.8. The zero-order chi connectivity index (χ0) is 29.7. The molecule has 1 aromatic rings. The maximum atomic E-state index is 13.2. The number of carboxylic acids is 2. The van der Waals surface area contributed by atoms with Gasteiger partial charge in [0.05, 0.1) is 6.04 Å². The number of carbonyl (C=O) groups is 6. The molecule has 14 heteroatoms. The second-order valence-electron chi connectivity index (χ2n) is 9.25. The van der Waals surface area contributed by atoms with E-state index in [2.05, 4.69) is 16.0 Å². The van der Waals surface area contributed by atoms with Gasteiger partial charge in [-0.05, 0) is 42.9 Å². The monoisotopic (exact) mass is 551 g/mol. The number of aliphatic carboxylic acids is 2. The fourth-order valence-electron chi connectivity index (χ4n) is 3.56. The number of carbonyl (C=O) groups excluding carboxylic acids is 4. The van der Waals surface area contributed by atoms with Crippen molar-refractivity contribution in [3.8, 4) is 5.75 Å². The third-order valence-electron chi connectivity index (χ3n) is 6.10. The van der Waals surface area contributed by atoms with Crippen molar-refractivity contribution >= 4 is 35.6 Å². The number of aromatic hydroxyl groups is 1. The van der Waals surface area contributed by atoms with E-state index < -0.39 is 72.1 Å². The van der Waals surface area contributed by atoms with Crippen LogP contribution in [0.5, 0.6) is 5.75 Å². The van der Waals surface area contributed by atoms with Crippen molar-refractivity contribution in [2.75, 3.05) is 0 Å². The molecule has 0 spiro atoms. The Morgan fingerprint density at radius 2 is 1.41 bits per heavy atom. The smallest absolute Gasteiger partial charge is 0.326 e. The van der Waals surface area contributed by atoms with E-state index in [4.69, 9.17) is 16.6 Å². The van der Waals surface area contributed by atoms with Gasteiger partial charge >= 0.3 is 11.9 Å². The zero-order valence-corrected chi connectivity index (χ0v) is 21.9. The molecule has 0 saturated carbocycles. The Kier molecular flexibility index (Phi) is 13.4. The van der Waals surface area contributed by atoms with Crippen LogP contribution in [0.15, 0.2) is 24.3 Å². The van der Waals surface area contributed by atoms with Gasteiger partial charge in [0.2, 0.25) is 23.6 Å². The molecule has 1 rings (SSSR count). The molecular weight excluding hydrogens is 514 g/mol. The predicted molar refractivity (Wildman–Crippen MR) is 138 cm³/mol. The number of carboxylic acid groups (broad SMARTS) is 2. The molecule has 39 heavy (non-hydrogen) atoms. The molecule has 0 bridgehead atoms. The lowest BCUT2D eigenvalue weighted by Gasteiger charge is -2.28. The van der Waals surface area contributed by atoms with E-state index in [1.165, 1.54) is 12.1 Å². The number of phenols is 1. The van der Waals surface area contributed by atoms with Gasteiger partial charge in [0, 0.05) is 12.8 Å². The van der Waals surface area contributed by atoms with E-state index in [1.54, 1.807) is 26.0 Å². The molecular formula is C25H37N5O9. The summed E-state index contributed by atoms with van der Waals surface area (Å²) in [5.41, 5.74) is 11.7. The SMILES string of the molecule is CCC(C)C(NC(=O)C(N)Cc1ccc(O)cc1)C(=O)NC(CCC(=O)O)C(=O)NC(CCC(N)=O)C(=O)O. The molecule has 4 amide bonds. The molecule has 0 saturated heterocycles. The van der Waals surface area contributed by atoms with Crippen LogP contribution >= 0.6 is 0 Å². The minimum atomic E-state index is -1.50. The van der Waals surface area contributed by atoms with Crippen LogP contribution in [0.1, 0.15) is 51.5 Å². The zero-order valence-electron chi connectivity index (χ0n) is 21.9. The topological polar surface area (TPSA) is 251 Å².